The third kappa shape index (κ3) is 4.92. The Morgan fingerprint density at radius 3 is 2.45 bits per heavy atom. The van der Waals surface area contributed by atoms with Gasteiger partial charge in [-0.05, 0) is 80.3 Å². The summed E-state index contributed by atoms with van der Waals surface area (Å²) in [6.07, 6.45) is 2.21. The van der Waals surface area contributed by atoms with Crippen LogP contribution in [0, 0.1) is 5.92 Å². The number of rotatable bonds is 6. The van der Waals surface area contributed by atoms with E-state index in [1.54, 1.807) is 24.8 Å². The Morgan fingerprint density at radius 2 is 1.82 bits per heavy atom. The first-order valence-corrected chi connectivity index (χ1v) is 11.3. The van der Waals surface area contributed by atoms with Crippen molar-refractivity contribution in [1.82, 2.24) is 14.7 Å². The summed E-state index contributed by atoms with van der Waals surface area (Å²) in [6, 6.07) is 16.6. The zero-order valence-corrected chi connectivity index (χ0v) is 19.3. The molecule has 0 aliphatic carbocycles. The van der Waals surface area contributed by atoms with Crippen molar-refractivity contribution in [3.8, 4) is 22.7 Å². The Hall–Kier alpha value is -3.61. The van der Waals surface area contributed by atoms with Gasteiger partial charge in [-0.2, -0.15) is 5.10 Å². The fraction of sp³-hybridized carbons (Fsp3) is 0.346. The van der Waals surface area contributed by atoms with Gasteiger partial charge in [0.15, 0.2) is 5.69 Å². The van der Waals surface area contributed by atoms with Crippen LogP contribution < -0.4 is 4.74 Å². The highest BCUT2D eigenvalue weighted by Crippen LogP contribution is 2.27. The summed E-state index contributed by atoms with van der Waals surface area (Å²) in [4.78, 5) is 27.2. The average molecular weight is 448 g/mol. The molecule has 33 heavy (non-hydrogen) atoms. The van der Waals surface area contributed by atoms with E-state index in [9.17, 15) is 9.59 Å². The first-order valence-electron chi connectivity index (χ1n) is 11.3. The number of hydrogen-bond acceptors (Lipinski definition) is 5. The molecule has 1 aromatic heterocycles. The molecule has 1 atom stereocenters. The molecule has 0 bridgehead atoms. The molecule has 0 N–H and O–H groups in total. The second-order valence-corrected chi connectivity index (χ2v) is 8.32. The van der Waals surface area contributed by atoms with Crippen molar-refractivity contribution < 1.29 is 19.1 Å². The summed E-state index contributed by atoms with van der Waals surface area (Å²) in [5, 5.41) is 4.51. The summed E-state index contributed by atoms with van der Waals surface area (Å²) >= 11 is 0. The van der Waals surface area contributed by atoms with Gasteiger partial charge in [-0.25, -0.2) is 9.48 Å². The maximum atomic E-state index is 12.9. The Kier molecular flexibility index (Phi) is 6.77. The lowest BCUT2D eigenvalue weighted by Crippen LogP contribution is -2.39. The van der Waals surface area contributed by atoms with E-state index in [0.29, 0.717) is 11.5 Å². The van der Waals surface area contributed by atoms with Gasteiger partial charge in [0.05, 0.1) is 25.1 Å². The molecule has 1 amide bonds. The zero-order chi connectivity index (χ0) is 23.4. The van der Waals surface area contributed by atoms with Crippen molar-refractivity contribution in [2.45, 2.75) is 26.7 Å². The number of carbonyl (C=O) groups excluding carboxylic acids is 2. The number of ether oxygens (including phenoxy) is 2. The van der Waals surface area contributed by atoms with Crippen LogP contribution in [0.1, 0.15) is 47.5 Å². The monoisotopic (exact) mass is 447 g/mol. The first-order chi connectivity index (χ1) is 16.0. The number of carbonyl (C=O) groups is 2. The largest absolute Gasteiger partial charge is 0.497 e. The molecule has 2 heterocycles. The van der Waals surface area contributed by atoms with Crippen molar-refractivity contribution in [3.05, 3.63) is 65.9 Å². The molecule has 1 fully saturated rings. The third-order valence-electron chi connectivity index (χ3n) is 5.88. The lowest BCUT2D eigenvalue weighted by atomic mass is 9.99. The molecule has 3 aromatic rings. The molecule has 0 saturated carbocycles. The standard InChI is InChI=1S/C26H29N3O4/c1-4-33-26(31)23-16-24(19-9-13-22(32-3)14-10-19)29(27-23)21-11-7-20(8-12-21)25(30)28-15-5-6-18(2)17-28/h7-14,16,18H,4-6,15,17H2,1-3H3. The molecule has 172 valence electrons. The Bertz CT molecular complexity index is 1120. The molecule has 2 aromatic carbocycles. The predicted molar refractivity (Wildman–Crippen MR) is 126 cm³/mol. The Labute approximate surface area is 193 Å². The van der Waals surface area contributed by atoms with Crippen molar-refractivity contribution in [2.24, 2.45) is 5.92 Å². The van der Waals surface area contributed by atoms with E-state index in [0.717, 1.165) is 42.2 Å². The van der Waals surface area contributed by atoms with Gasteiger partial charge in [-0.1, -0.05) is 6.92 Å². The average Bonchev–Trinajstić information content (AvgIpc) is 3.29. The molecule has 7 heteroatoms. The van der Waals surface area contributed by atoms with Gasteiger partial charge < -0.3 is 14.4 Å². The minimum atomic E-state index is -0.475. The number of likely N-dealkylation sites (tertiary alicyclic amines) is 1. The molecule has 1 aliphatic heterocycles. The van der Waals surface area contributed by atoms with Gasteiger partial charge >= 0.3 is 5.97 Å². The predicted octanol–water partition coefficient (Wildman–Crippen LogP) is 4.60. The molecule has 1 unspecified atom stereocenters. The van der Waals surface area contributed by atoms with E-state index >= 15 is 0 Å². The summed E-state index contributed by atoms with van der Waals surface area (Å²) < 4.78 is 12.1. The second kappa shape index (κ2) is 9.90. The summed E-state index contributed by atoms with van der Waals surface area (Å²) in [7, 11) is 1.62. The lowest BCUT2D eigenvalue weighted by molar-refractivity contribution is 0.0518. The zero-order valence-electron chi connectivity index (χ0n) is 19.3. The van der Waals surface area contributed by atoms with E-state index in [4.69, 9.17) is 9.47 Å². The van der Waals surface area contributed by atoms with E-state index in [1.165, 1.54) is 6.42 Å². The van der Waals surface area contributed by atoms with Crippen LogP contribution in [0.15, 0.2) is 54.6 Å². The van der Waals surface area contributed by atoms with Gasteiger partial charge in [-0.3, -0.25) is 4.79 Å². The maximum Gasteiger partial charge on any atom is 0.358 e. The van der Waals surface area contributed by atoms with E-state index in [-0.39, 0.29) is 18.2 Å². The minimum absolute atomic E-state index is 0.0520. The number of esters is 1. The number of hydrogen-bond donors (Lipinski definition) is 0. The van der Waals surface area contributed by atoms with E-state index in [1.807, 2.05) is 53.4 Å². The van der Waals surface area contributed by atoms with Crippen LogP contribution in [0.5, 0.6) is 5.75 Å². The SMILES string of the molecule is CCOC(=O)c1cc(-c2ccc(OC)cc2)n(-c2ccc(C(=O)N3CCCC(C)C3)cc2)n1. The molecule has 0 radical (unpaired) electrons. The van der Waals surface area contributed by atoms with E-state index < -0.39 is 5.97 Å². The molecule has 1 aliphatic rings. The number of piperidine rings is 1. The number of methoxy groups -OCH3 is 1. The van der Waals surface area contributed by atoms with Gasteiger partial charge in [0.25, 0.3) is 5.91 Å². The van der Waals surface area contributed by atoms with Gasteiger partial charge in [0.2, 0.25) is 0 Å². The normalized spacial score (nSPS) is 15.8. The molecule has 1 saturated heterocycles. The summed E-state index contributed by atoms with van der Waals surface area (Å²) in [5.74, 6) is 0.845. The number of aromatic nitrogens is 2. The van der Waals surface area contributed by atoms with Crippen LogP contribution >= 0.6 is 0 Å². The number of benzene rings is 2. The Morgan fingerprint density at radius 1 is 1.09 bits per heavy atom. The Balaban J connectivity index is 1.66. The fourth-order valence-corrected chi connectivity index (χ4v) is 4.15. The number of amides is 1. The van der Waals surface area contributed by atoms with Gasteiger partial charge in [0, 0.05) is 24.2 Å². The van der Waals surface area contributed by atoms with Gasteiger partial charge in [-0.15, -0.1) is 0 Å². The fourth-order valence-electron chi connectivity index (χ4n) is 4.15. The highest BCUT2D eigenvalue weighted by Gasteiger charge is 2.22. The minimum Gasteiger partial charge on any atom is -0.497 e. The highest BCUT2D eigenvalue weighted by atomic mass is 16.5. The molecular weight excluding hydrogens is 418 g/mol. The van der Waals surface area contributed by atoms with Crippen molar-refractivity contribution in [1.29, 1.82) is 0 Å². The summed E-state index contributed by atoms with van der Waals surface area (Å²) in [6.45, 7) is 5.81. The van der Waals surface area contributed by atoms with Crippen LogP contribution in [0.3, 0.4) is 0 Å². The third-order valence-corrected chi connectivity index (χ3v) is 5.88. The summed E-state index contributed by atoms with van der Waals surface area (Å²) in [5.41, 5.74) is 3.24. The number of nitrogens with zero attached hydrogens (tertiary/aromatic N) is 3. The topological polar surface area (TPSA) is 73.7 Å². The van der Waals surface area contributed by atoms with Crippen LogP contribution in [0.2, 0.25) is 0 Å². The first kappa shape index (κ1) is 22.6. The van der Waals surface area contributed by atoms with Crippen molar-refractivity contribution >= 4 is 11.9 Å². The second-order valence-electron chi connectivity index (χ2n) is 8.32. The van der Waals surface area contributed by atoms with Crippen molar-refractivity contribution in [3.63, 3.8) is 0 Å². The van der Waals surface area contributed by atoms with Crippen LogP contribution in [-0.4, -0.2) is 53.4 Å². The van der Waals surface area contributed by atoms with Crippen LogP contribution in [0.4, 0.5) is 0 Å². The van der Waals surface area contributed by atoms with Gasteiger partial charge in [0.1, 0.15) is 5.75 Å². The van der Waals surface area contributed by atoms with E-state index in [2.05, 4.69) is 12.0 Å². The quantitative estimate of drug-likeness (QED) is 0.517. The van der Waals surface area contributed by atoms with Crippen molar-refractivity contribution in [2.75, 3.05) is 26.8 Å². The highest BCUT2D eigenvalue weighted by molar-refractivity contribution is 5.94. The maximum absolute atomic E-state index is 12.9. The molecule has 4 rings (SSSR count). The lowest BCUT2D eigenvalue weighted by Gasteiger charge is -2.31. The van der Waals surface area contributed by atoms with Crippen LogP contribution in [-0.2, 0) is 4.74 Å². The van der Waals surface area contributed by atoms with Crippen LogP contribution in [0.25, 0.3) is 16.9 Å². The molecule has 0 spiro atoms. The molecular formula is C26H29N3O4. The molecule has 7 nitrogen and oxygen atoms in total. The smallest absolute Gasteiger partial charge is 0.358 e.